The Morgan fingerprint density at radius 2 is 1.89 bits per heavy atom. The fourth-order valence-corrected chi connectivity index (χ4v) is 3.30. The van der Waals surface area contributed by atoms with Gasteiger partial charge in [0.05, 0.1) is 17.5 Å². The fraction of sp³-hybridized carbons (Fsp3) is 0.545. The van der Waals surface area contributed by atoms with E-state index >= 15 is 0 Å². The SMILES string of the molecule is CCOC(CCNC(=NC)NCc1c(C)nn(-c2ccccc2)c1C)C(C)C. The van der Waals surface area contributed by atoms with Crippen molar-refractivity contribution >= 4 is 5.96 Å². The standard InChI is InChI=1S/C22H35N5O/c1-7-28-21(16(2)3)13-14-24-22(23-6)25-15-20-17(4)26-27(18(20)5)19-11-9-8-10-12-19/h8-12,16,21H,7,13-15H2,1-6H3,(H2,23,24,25). The van der Waals surface area contributed by atoms with Crippen LogP contribution < -0.4 is 10.6 Å². The summed E-state index contributed by atoms with van der Waals surface area (Å²) in [6, 6.07) is 10.2. The molecule has 1 heterocycles. The second-order valence-electron chi connectivity index (χ2n) is 7.28. The first kappa shape index (κ1) is 22.0. The molecule has 1 atom stereocenters. The molecule has 2 rings (SSSR count). The van der Waals surface area contributed by atoms with E-state index in [0.29, 0.717) is 12.5 Å². The lowest BCUT2D eigenvalue weighted by atomic mass is 10.0. The van der Waals surface area contributed by atoms with Crippen molar-refractivity contribution in [3.63, 3.8) is 0 Å². The van der Waals surface area contributed by atoms with Crippen LogP contribution in [0.2, 0.25) is 0 Å². The molecule has 2 N–H and O–H groups in total. The molecule has 6 nitrogen and oxygen atoms in total. The zero-order chi connectivity index (χ0) is 20.5. The zero-order valence-corrected chi connectivity index (χ0v) is 18.1. The molecule has 0 aliphatic heterocycles. The number of aromatic nitrogens is 2. The van der Waals surface area contributed by atoms with E-state index in [9.17, 15) is 0 Å². The Morgan fingerprint density at radius 3 is 2.50 bits per heavy atom. The van der Waals surface area contributed by atoms with Gasteiger partial charge in [0.2, 0.25) is 0 Å². The molecule has 1 aromatic heterocycles. The van der Waals surface area contributed by atoms with Crippen LogP contribution in [0.15, 0.2) is 35.3 Å². The number of aryl methyl sites for hydroxylation is 1. The van der Waals surface area contributed by atoms with E-state index in [2.05, 4.69) is 55.5 Å². The maximum absolute atomic E-state index is 5.81. The summed E-state index contributed by atoms with van der Waals surface area (Å²) in [5.74, 6) is 1.30. The maximum Gasteiger partial charge on any atom is 0.191 e. The Balaban J connectivity index is 1.94. The molecule has 0 saturated carbocycles. The van der Waals surface area contributed by atoms with Gasteiger partial charge in [-0.3, -0.25) is 4.99 Å². The van der Waals surface area contributed by atoms with Gasteiger partial charge < -0.3 is 15.4 Å². The van der Waals surface area contributed by atoms with Gasteiger partial charge in [-0.25, -0.2) is 4.68 Å². The lowest BCUT2D eigenvalue weighted by Crippen LogP contribution is -2.39. The van der Waals surface area contributed by atoms with Crippen molar-refractivity contribution in [3.05, 3.63) is 47.3 Å². The Kier molecular flexibility index (Phi) is 8.51. The molecular weight excluding hydrogens is 350 g/mol. The molecule has 0 fully saturated rings. The third kappa shape index (κ3) is 5.83. The predicted molar refractivity (Wildman–Crippen MR) is 116 cm³/mol. The smallest absolute Gasteiger partial charge is 0.191 e. The zero-order valence-electron chi connectivity index (χ0n) is 18.1. The average Bonchev–Trinajstić information content (AvgIpc) is 2.98. The molecule has 154 valence electrons. The Labute approximate surface area is 169 Å². The van der Waals surface area contributed by atoms with Gasteiger partial charge in [-0.1, -0.05) is 32.0 Å². The maximum atomic E-state index is 5.81. The number of nitrogens with zero attached hydrogens (tertiary/aromatic N) is 3. The average molecular weight is 386 g/mol. The van der Waals surface area contributed by atoms with E-state index in [0.717, 1.165) is 42.6 Å². The minimum atomic E-state index is 0.268. The second kappa shape index (κ2) is 10.9. The minimum absolute atomic E-state index is 0.268. The topological polar surface area (TPSA) is 63.5 Å². The van der Waals surface area contributed by atoms with Gasteiger partial charge in [0.25, 0.3) is 0 Å². The first-order chi connectivity index (χ1) is 13.5. The normalized spacial score (nSPS) is 13.0. The summed E-state index contributed by atoms with van der Waals surface area (Å²) in [5.41, 5.74) is 4.44. The highest BCUT2D eigenvalue weighted by atomic mass is 16.5. The molecule has 0 bridgehead atoms. The molecule has 1 unspecified atom stereocenters. The number of guanidine groups is 1. The van der Waals surface area contributed by atoms with Crippen LogP contribution in [-0.2, 0) is 11.3 Å². The third-order valence-electron chi connectivity index (χ3n) is 4.94. The van der Waals surface area contributed by atoms with Crippen LogP contribution in [0.1, 0.15) is 44.1 Å². The summed E-state index contributed by atoms with van der Waals surface area (Å²) >= 11 is 0. The first-order valence-corrected chi connectivity index (χ1v) is 10.1. The van der Waals surface area contributed by atoms with Gasteiger partial charge in [-0.15, -0.1) is 0 Å². The van der Waals surface area contributed by atoms with Crippen molar-refractivity contribution < 1.29 is 4.74 Å². The number of rotatable bonds is 9. The summed E-state index contributed by atoms with van der Waals surface area (Å²) in [7, 11) is 1.80. The van der Waals surface area contributed by atoms with Crippen LogP contribution in [0.4, 0.5) is 0 Å². The van der Waals surface area contributed by atoms with E-state index < -0.39 is 0 Å². The Hall–Kier alpha value is -2.34. The summed E-state index contributed by atoms with van der Waals surface area (Å²) in [4.78, 5) is 4.34. The summed E-state index contributed by atoms with van der Waals surface area (Å²) < 4.78 is 7.81. The lowest BCUT2D eigenvalue weighted by molar-refractivity contribution is 0.0258. The molecule has 0 aliphatic carbocycles. The van der Waals surface area contributed by atoms with Crippen molar-refractivity contribution in [2.45, 2.75) is 53.7 Å². The molecule has 0 spiro atoms. The predicted octanol–water partition coefficient (Wildman–Crippen LogP) is 3.61. The molecule has 0 amide bonds. The molecule has 0 aliphatic rings. The van der Waals surface area contributed by atoms with Gasteiger partial charge in [-0.2, -0.15) is 5.10 Å². The van der Waals surface area contributed by atoms with Gasteiger partial charge >= 0.3 is 0 Å². The van der Waals surface area contributed by atoms with E-state index in [1.807, 2.05) is 29.8 Å². The number of hydrogen-bond donors (Lipinski definition) is 2. The fourth-order valence-electron chi connectivity index (χ4n) is 3.30. The van der Waals surface area contributed by atoms with Crippen LogP contribution >= 0.6 is 0 Å². The Bertz CT molecular complexity index is 752. The summed E-state index contributed by atoms with van der Waals surface area (Å²) in [6.45, 7) is 12.9. The quantitative estimate of drug-likeness (QED) is 0.511. The van der Waals surface area contributed by atoms with Gasteiger partial charge in [-0.05, 0) is 45.2 Å². The molecule has 1 aromatic carbocycles. The number of nitrogens with one attached hydrogen (secondary N) is 2. The van der Waals surface area contributed by atoms with Crippen molar-refractivity contribution in [1.29, 1.82) is 0 Å². The van der Waals surface area contributed by atoms with E-state index in [1.165, 1.54) is 5.56 Å². The Morgan fingerprint density at radius 1 is 1.18 bits per heavy atom. The molecular formula is C22H35N5O. The van der Waals surface area contributed by atoms with Crippen molar-refractivity contribution in [3.8, 4) is 5.69 Å². The van der Waals surface area contributed by atoms with Crippen LogP contribution in [0.25, 0.3) is 5.69 Å². The molecule has 6 heteroatoms. The number of hydrogen-bond acceptors (Lipinski definition) is 3. The van der Waals surface area contributed by atoms with E-state index in [1.54, 1.807) is 7.05 Å². The van der Waals surface area contributed by atoms with E-state index in [-0.39, 0.29) is 6.10 Å². The minimum Gasteiger partial charge on any atom is -0.378 e. The summed E-state index contributed by atoms with van der Waals surface area (Å²) in [5, 5.41) is 11.5. The van der Waals surface area contributed by atoms with Crippen LogP contribution in [0, 0.1) is 19.8 Å². The largest absolute Gasteiger partial charge is 0.378 e. The van der Waals surface area contributed by atoms with Crippen molar-refractivity contribution in [1.82, 2.24) is 20.4 Å². The van der Waals surface area contributed by atoms with E-state index in [4.69, 9.17) is 9.84 Å². The number of benzene rings is 1. The lowest BCUT2D eigenvalue weighted by Gasteiger charge is -2.21. The van der Waals surface area contributed by atoms with Gasteiger partial charge in [0, 0.05) is 38.0 Å². The highest BCUT2D eigenvalue weighted by Crippen LogP contribution is 2.17. The highest BCUT2D eigenvalue weighted by molar-refractivity contribution is 5.79. The third-order valence-corrected chi connectivity index (χ3v) is 4.94. The van der Waals surface area contributed by atoms with Crippen molar-refractivity contribution in [2.24, 2.45) is 10.9 Å². The first-order valence-electron chi connectivity index (χ1n) is 10.1. The molecule has 0 radical (unpaired) electrons. The van der Waals surface area contributed by atoms with Crippen LogP contribution in [0.5, 0.6) is 0 Å². The highest BCUT2D eigenvalue weighted by Gasteiger charge is 2.15. The van der Waals surface area contributed by atoms with Gasteiger partial charge in [0.1, 0.15) is 0 Å². The van der Waals surface area contributed by atoms with Crippen molar-refractivity contribution in [2.75, 3.05) is 20.2 Å². The summed E-state index contributed by atoms with van der Waals surface area (Å²) in [6.07, 6.45) is 1.22. The molecule has 28 heavy (non-hydrogen) atoms. The van der Waals surface area contributed by atoms with Crippen LogP contribution in [0.3, 0.4) is 0 Å². The number of para-hydroxylation sites is 1. The van der Waals surface area contributed by atoms with Gasteiger partial charge in [0.15, 0.2) is 5.96 Å². The second-order valence-corrected chi connectivity index (χ2v) is 7.28. The number of aliphatic imine (C=N–C) groups is 1. The monoisotopic (exact) mass is 385 g/mol. The number of ether oxygens (including phenoxy) is 1. The van der Waals surface area contributed by atoms with Crippen LogP contribution in [-0.4, -0.2) is 42.0 Å². The molecule has 0 saturated heterocycles. The molecule has 2 aromatic rings.